The van der Waals surface area contributed by atoms with Crippen LogP contribution in [0.4, 0.5) is 0 Å². The Labute approximate surface area is 194 Å². The van der Waals surface area contributed by atoms with Crippen molar-refractivity contribution >= 4 is 35.0 Å². The van der Waals surface area contributed by atoms with Gasteiger partial charge in [-0.3, -0.25) is 4.57 Å². The number of benzene rings is 3. The van der Waals surface area contributed by atoms with Crippen LogP contribution in [-0.4, -0.2) is 21.9 Å². The summed E-state index contributed by atoms with van der Waals surface area (Å²) in [7, 11) is 1.63. The molecule has 0 fully saturated rings. The lowest BCUT2D eigenvalue weighted by molar-refractivity contribution is 0.415. The maximum absolute atomic E-state index is 8.98. The molecule has 0 N–H and O–H groups in total. The standard InChI is InChI=1S/C23H16Cl2N4OS/c1-30-19-9-6-17(7-10-19)22-27-28-23(29(22)18-8-11-20(24)21(25)12-18)31-14-16-4-2-15(13-26)3-5-16/h2-12H,14H2,1H3. The molecule has 0 spiro atoms. The Morgan fingerprint density at radius 3 is 2.35 bits per heavy atom. The summed E-state index contributed by atoms with van der Waals surface area (Å²) in [6, 6.07) is 22.7. The molecule has 0 unspecified atom stereocenters. The molecule has 4 aromatic rings. The van der Waals surface area contributed by atoms with E-state index in [0.717, 1.165) is 22.6 Å². The minimum absolute atomic E-state index is 0.455. The van der Waals surface area contributed by atoms with Crippen LogP contribution < -0.4 is 4.74 Å². The fourth-order valence-corrected chi connectivity index (χ4v) is 4.17. The van der Waals surface area contributed by atoms with Crippen LogP contribution in [0.3, 0.4) is 0 Å². The van der Waals surface area contributed by atoms with E-state index in [2.05, 4.69) is 16.3 Å². The topological polar surface area (TPSA) is 63.7 Å². The maximum Gasteiger partial charge on any atom is 0.196 e. The molecule has 31 heavy (non-hydrogen) atoms. The van der Waals surface area contributed by atoms with Crippen molar-refractivity contribution in [2.24, 2.45) is 0 Å². The number of hydrogen-bond donors (Lipinski definition) is 0. The number of methoxy groups -OCH3 is 1. The highest BCUT2D eigenvalue weighted by molar-refractivity contribution is 7.98. The lowest BCUT2D eigenvalue weighted by atomic mass is 10.2. The molecule has 5 nitrogen and oxygen atoms in total. The molecule has 154 valence electrons. The van der Waals surface area contributed by atoms with E-state index >= 15 is 0 Å². The minimum atomic E-state index is 0.455. The van der Waals surface area contributed by atoms with E-state index in [1.807, 2.05) is 59.2 Å². The molecule has 0 aliphatic rings. The quantitative estimate of drug-likeness (QED) is 0.307. The van der Waals surface area contributed by atoms with Crippen LogP contribution in [0.2, 0.25) is 10.0 Å². The Hall–Kier alpha value is -2.98. The number of thioether (sulfide) groups is 1. The van der Waals surface area contributed by atoms with Crippen molar-refractivity contribution in [2.45, 2.75) is 10.9 Å². The van der Waals surface area contributed by atoms with Crippen LogP contribution in [0.25, 0.3) is 17.1 Å². The zero-order chi connectivity index (χ0) is 21.8. The zero-order valence-electron chi connectivity index (χ0n) is 16.4. The normalized spacial score (nSPS) is 10.6. The molecule has 0 saturated heterocycles. The van der Waals surface area contributed by atoms with Gasteiger partial charge in [0.1, 0.15) is 5.75 Å². The van der Waals surface area contributed by atoms with Gasteiger partial charge in [0, 0.05) is 11.3 Å². The van der Waals surface area contributed by atoms with Gasteiger partial charge in [-0.1, -0.05) is 47.1 Å². The van der Waals surface area contributed by atoms with E-state index in [-0.39, 0.29) is 0 Å². The summed E-state index contributed by atoms with van der Waals surface area (Å²) in [5, 5.41) is 19.5. The summed E-state index contributed by atoms with van der Waals surface area (Å²) in [4.78, 5) is 0. The molecule has 4 rings (SSSR count). The van der Waals surface area contributed by atoms with Gasteiger partial charge in [-0.2, -0.15) is 5.26 Å². The van der Waals surface area contributed by atoms with E-state index in [4.69, 9.17) is 33.2 Å². The first-order valence-corrected chi connectivity index (χ1v) is 11.0. The molecule has 0 aliphatic carbocycles. The summed E-state index contributed by atoms with van der Waals surface area (Å²) >= 11 is 14.0. The number of rotatable bonds is 6. The van der Waals surface area contributed by atoms with E-state index < -0.39 is 0 Å². The van der Waals surface area contributed by atoms with E-state index in [0.29, 0.717) is 32.3 Å². The number of nitriles is 1. The molecule has 1 aromatic heterocycles. The van der Waals surface area contributed by atoms with Gasteiger partial charge >= 0.3 is 0 Å². The number of hydrogen-bond acceptors (Lipinski definition) is 5. The Balaban J connectivity index is 1.72. The lowest BCUT2D eigenvalue weighted by Gasteiger charge is -2.12. The van der Waals surface area contributed by atoms with E-state index in [1.54, 1.807) is 31.0 Å². The predicted molar refractivity (Wildman–Crippen MR) is 124 cm³/mol. The van der Waals surface area contributed by atoms with Gasteiger partial charge in [-0.05, 0) is 60.2 Å². The van der Waals surface area contributed by atoms with E-state index in [9.17, 15) is 0 Å². The highest BCUT2D eigenvalue weighted by Gasteiger charge is 2.17. The lowest BCUT2D eigenvalue weighted by Crippen LogP contribution is -2.00. The number of ether oxygens (including phenoxy) is 1. The van der Waals surface area contributed by atoms with Crippen LogP contribution in [0.15, 0.2) is 71.9 Å². The first-order valence-electron chi connectivity index (χ1n) is 9.26. The molecule has 0 aliphatic heterocycles. The molecular formula is C23H16Cl2N4OS. The second-order valence-electron chi connectivity index (χ2n) is 6.57. The van der Waals surface area contributed by atoms with Gasteiger partial charge in [0.15, 0.2) is 11.0 Å². The first kappa shape index (κ1) is 21.3. The fraction of sp³-hybridized carbons (Fsp3) is 0.0870. The van der Waals surface area contributed by atoms with Gasteiger partial charge in [0.05, 0.1) is 34.5 Å². The van der Waals surface area contributed by atoms with Crippen LogP contribution in [-0.2, 0) is 5.75 Å². The Morgan fingerprint density at radius 1 is 0.968 bits per heavy atom. The average Bonchev–Trinajstić information content (AvgIpc) is 3.24. The Morgan fingerprint density at radius 2 is 1.71 bits per heavy atom. The number of halogens is 2. The van der Waals surface area contributed by atoms with Gasteiger partial charge < -0.3 is 4.74 Å². The fourth-order valence-electron chi connectivity index (χ4n) is 2.97. The van der Waals surface area contributed by atoms with E-state index in [1.165, 1.54) is 0 Å². The number of aromatic nitrogens is 3. The Bertz CT molecular complexity index is 1250. The highest BCUT2D eigenvalue weighted by atomic mass is 35.5. The smallest absolute Gasteiger partial charge is 0.196 e. The molecular weight excluding hydrogens is 451 g/mol. The molecule has 0 saturated carbocycles. The largest absolute Gasteiger partial charge is 0.497 e. The predicted octanol–water partition coefficient (Wildman–Crippen LogP) is 6.41. The van der Waals surface area contributed by atoms with Crippen molar-refractivity contribution < 1.29 is 4.74 Å². The van der Waals surface area contributed by atoms with Gasteiger partial charge in [-0.25, -0.2) is 0 Å². The van der Waals surface area contributed by atoms with Crippen LogP contribution in [0.1, 0.15) is 11.1 Å². The van der Waals surface area contributed by atoms with Gasteiger partial charge in [0.25, 0.3) is 0 Å². The molecule has 3 aromatic carbocycles. The first-order chi connectivity index (χ1) is 15.1. The minimum Gasteiger partial charge on any atom is -0.497 e. The summed E-state index contributed by atoms with van der Waals surface area (Å²) in [5.41, 5.74) is 3.42. The van der Waals surface area contributed by atoms with Crippen molar-refractivity contribution in [3.05, 3.63) is 87.9 Å². The molecule has 0 radical (unpaired) electrons. The molecule has 0 bridgehead atoms. The SMILES string of the molecule is COc1ccc(-c2nnc(SCc3ccc(C#N)cc3)n2-c2ccc(Cl)c(Cl)c2)cc1. The van der Waals surface area contributed by atoms with Crippen molar-refractivity contribution in [1.82, 2.24) is 14.8 Å². The van der Waals surface area contributed by atoms with Crippen molar-refractivity contribution in [3.63, 3.8) is 0 Å². The zero-order valence-corrected chi connectivity index (χ0v) is 18.7. The molecule has 8 heteroatoms. The molecule has 0 amide bonds. The molecule has 0 atom stereocenters. The third kappa shape index (κ3) is 4.70. The monoisotopic (exact) mass is 466 g/mol. The van der Waals surface area contributed by atoms with Crippen LogP contribution in [0, 0.1) is 11.3 Å². The number of nitrogens with zero attached hydrogens (tertiary/aromatic N) is 4. The van der Waals surface area contributed by atoms with Crippen LogP contribution >= 0.6 is 35.0 Å². The van der Waals surface area contributed by atoms with Gasteiger partial charge in [-0.15, -0.1) is 10.2 Å². The van der Waals surface area contributed by atoms with Gasteiger partial charge in [0.2, 0.25) is 0 Å². The second-order valence-corrected chi connectivity index (χ2v) is 8.32. The maximum atomic E-state index is 8.98. The van der Waals surface area contributed by atoms with Crippen molar-refractivity contribution in [2.75, 3.05) is 7.11 Å². The summed E-state index contributed by atoms with van der Waals surface area (Å²) < 4.78 is 7.22. The van der Waals surface area contributed by atoms with Crippen molar-refractivity contribution in [3.8, 4) is 28.9 Å². The molecule has 1 heterocycles. The van der Waals surface area contributed by atoms with Crippen LogP contribution in [0.5, 0.6) is 5.75 Å². The third-order valence-corrected chi connectivity index (χ3v) is 6.33. The average molecular weight is 467 g/mol. The summed E-state index contributed by atoms with van der Waals surface area (Å²) in [6.45, 7) is 0. The summed E-state index contributed by atoms with van der Waals surface area (Å²) in [5.74, 6) is 2.12. The second kappa shape index (κ2) is 9.44. The highest BCUT2D eigenvalue weighted by Crippen LogP contribution is 2.33. The third-order valence-electron chi connectivity index (χ3n) is 4.59. The summed E-state index contributed by atoms with van der Waals surface area (Å²) in [6.07, 6.45) is 0. The van der Waals surface area contributed by atoms with Crippen molar-refractivity contribution in [1.29, 1.82) is 5.26 Å². The Kier molecular flexibility index (Phi) is 6.47.